The highest BCUT2D eigenvalue weighted by Crippen LogP contribution is 2.23. The highest BCUT2D eigenvalue weighted by Gasteiger charge is 2.01. The minimum absolute atomic E-state index is 0.801. The quantitative estimate of drug-likeness (QED) is 0.778. The highest BCUT2D eigenvalue weighted by atomic mass is 32.1. The normalized spacial score (nSPS) is 10.7. The first-order valence-electron chi connectivity index (χ1n) is 6.47. The number of fused-ring (bicyclic) bond motifs is 1. The second kappa shape index (κ2) is 5.51. The lowest BCUT2D eigenvalue weighted by Gasteiger charge is -2.09. The summed E-state index contributed by atoms with van der Waals surface area (Å²) < 4.78 is 6.49. The number of nitrogens with one attached hydrogen (secondary N) is 1. The Morgan fingerprint density at radius 3 is 2.90 bits per heavy atom. The van der Waals surface area contributed by atoms with E-state index >= 15 is 0 Å². The number of benzene rings is 2. The van der Waals surface area contributed by atoms with Crippen LogP contribution in [0, 0.1) is 6.92 Å². The molecule has 102 valence electrons. The Hall–Kier alpha value is -2.07. The third kappa shape index (κ3) is 2.60. The average Bonchev–Trinajstić information content (AvgIpc) is 2.92. The minimum atomic E-state index is 0.801. The third-order valence-corrected chi connectivity index (χ3v) is 4.08. The van der Waals surface area contributed by atoms with Gasteiger partial charge in [0.25, 0.3) is 0 Å². The summed E-state index contributed by atoms with van der Waals surface area (Å²) in [4.78, 5) is 4.29. The molecule has 0 aliphatic carbocycles. The van der Waals surface area contributed by atoms with Crippen molar-refractivity contribution in [2.45, 2.75) is 13.5 Å². The molecule has 0 bridgehead atoms. The summed E-state index contributed by atoms with van der Waals surface area (Å²) in [7, 11) is 1.70. The van der Waals surface area contributed by atoms with Crippen LogP contribution in [0.25, 0.3) is 10.2 Å². The molecular weight excluding hydrogens is 268 g/mol. The SMILES string of the molecule is COc1ccc(CNc2ccc3ncsc3c2)cc1C. The van der Waals surface area contributed by atoms with Crippen LogP contribution >= 0.6 is 11.3 Å². The van der Waals surface area contributed by atoms with Gasteiger partial charge in [-0.2, -0.15) is 0 Å². The van der Waals surface area contributed by atoms with Crippen LogP contribution in [-0.2, 0) is 6.54 Å². The first-order valence-corrected chi connectivity index (χ1v) is 7.35. The van der Waals surface area contributed by atoms with Crippen LogP contribution < -0.4 is 10.1 Å². The van der Waals surface area contributed by atoms with E-state index < -0.39 is 0 Å². The van der Waals surface area contributed by atoms with Crippen molar-refractivity contribution in [3.05, 3.63) is 53.0 Å². The van der Waals surface area contributed by atoms with E-state index in [0.29, 0.717) is 0 Å². The van der Waals surface area contributed by atoms with Crippen molar-refractivity contribution in [2.75, 3.05) is 12.4 Å². The molecule has 2 aromatic carbocycles. The van der Waals surface area contributed by atoms with E-state index in [1.165, 1.54) is 10.3 Å². The molecule has 3 aromatic rings. The fourth-order valence-electron chi connectivity index (χ4n) is 2.22. The maximum atomic E-state index is 5.28. The predicted molar refractivity (Wildman–Crippen MR) is 84.7 cm³/mol. The number of hydrogen-bond donors (Lipinski definition) is 1. The van der Waals surface area contributed by atoms with Gasteiger partial charge in [0.15, 0.2) is 0 Å². The zero-order chi connectivity index (χ0) is 13.9. The summed E-state index contributed by atoms with van der Waals surface area (Å²) >= 11 is 1.66. The van der Waals surface area contributed by atoms with E-state index in [4.69, 9.17) is 4.74 Å². The van der Waals surface area contributed by atoms with Gasteiger partial charge in [-0.1, -0.05) is 12.1 Å². The topological polar surface area (TPSA) is 34.1 Å². The van der Waals surface area contributed by atoms with Crippen LogP contribution in [0.2, 0.25) is 0 Å². The molecule has 0 amide bonds. The molecule has 0 aliphatic heterocycles. The average molecular weight is 284 g/mol. The maximum Gasteiger partial charge on any atom is 0.121 e. The summed E-state index contributed by atoms with van der Waals surface area (Å²) in [5.41, 5.74) is 6.45. The van der Waals surface area contributed by atoms with Crippen molar-refractivity contribution < 1.29 is 4.74 Å². The molecule has 0 fully saturated rings. The highest BCUT2D eigenvalue weighted by molar-refractivity contribution is 7.16. The summed E-state index contributed by atoms with van der Waals surface area (Å²) in [6.07, 6.45) is 0. The zero-order valence-electron chi connectivity index (χ0n) is 11.5. The Balaban J connectivity index is 1.73. The largest absolute Gasteiger partial charge is 0.496 e. The van der Waals surface area contributed by atoms with Crippen LogP contribution in [0.3, 0.4) is 0 Å². The fourth-order valence-corrected chi connectivity index (χ4v) is 2.94. The van der Waals surface area contributed by atoms with Gasteiger partial charge in [-0.15, -0.1) is 11.3 Å². The van der Waals surface area contributed by atoms with E-state index in [-0.39, 0.29) is 0 Å². The Labute approximate surface area is 122 Å². The standard InChI is InChI=1S/C16H16N2OS/c1-11-7-12(3-6-15(11)19-2)9-17-13-4-5-14-16(8-13)20-10-18-14/h3-8,10,17H,9H2,1-2H3. The van der Waals surface area contributed by atoms with Crippen molar-refractivity contribution >= 4 is 27.2 Å². The van der Waals surface area contributed by atoms with Gasteiger partial charge in [0.1, 0.15) is 5.75 Å². The molecule has 0 radical (unpaired) electrons. The summed E-state index contributed by atoms with van der Waals surface area (Å²) in [5.74, 6) is 0.930. The van der Waals surface area contributed by atoms with Gasteiger partial charge >= 0.3 is 0 Å². The number of anilines is 1. The van der Waals surface area contributed by atoms with Gasteiger partial charge in [0.05, 0.1) is 22.8 Å². The molecule has 20 heavy (non-hydrogen) atoms. The Bertz CT molecular complexity index is 736. The van der Waals surface area contributed by atoms with Crippen molar-refractivity contribution in [1.29, 1.82) is 0 Å². The number of aromatic nitrogens is 1. The van der Waals surface area contributed by atoms with Gasteiger partial charge < -0.3 is 10.1 Å². The van der Waals surface area contributed by atoms with Crippen LogP contribution in [0.4, 0.5) is 5.69 Å². The van der Waals surface area contributed by atoms with Crippen molar-refractivity contribution in [2.24, 2.45) is 0 Å². The lowest BCUT2D eigenvalue weighted by molar-refractivity contribution is 0.411. The molecule has 0 atom stereocenters. The molecule has 0 saturated carbocycles. The number of methoxy groups -OCH3 is 1. The van der Waals surface area contributed by atoms with Crippen molar-refractivity contribution in [3.8, 4) is 5.75 Å². The van der Waals surface area contributed by atoms with Gasteiger partial charge in [-0.05, 0) is 42.3 Å². The van der Waals surface area contributed by atoms with Gasteiger partial charge in [-0.3, -0.25) is 0 Å². The summed E-state index contributed by atoms with van der Waals surface area (Å²) in [6.45, 7) is 2.86. The second-order valence-electron chi connectivity index (χ2n) is 4.69. The minimum Gasteiger partial charge on any atom is -0.496 e. The molecule has 0 aliphatic rings. The van der Waals surface area contributed by atoms with E-state index in [2.05, 4.69) is 41.5 Å². The number of rotatable bonds is 4. The molecule has 0 unspecified atom stereocenters. The van der Waals surface area contributed by atoms with E-state index in [0.717, 1.165) is 29.1 Å². The molecule has 3 rings (SSSR count). The van der Waals surface area contributed by atoms with Crippen LogP contribution in [0.5, 0.6) is 5.75 Å². The number of aryl methyl sites for hydroxylation is 1. The van der Waals surface area contributed by atoms with Gasteiger partial charge in [0.2, 0.25) is 0 Å². The lowest BCUT2D eigenvalue weighted by Crippen LogP contribution is -2.00. The summed E-state index contributed by atoms with van der Waals surface area (Å²) in [6, 6.07) is 12.5. The Morgan fingerprint density at radius 2 is 2.10 bits per heavy atom. The second-order valence-corrected chi connectivity index (χ2v) is 5.58. The number of ether oxygens (including phenoxy) is 1. The monoisotopic (exact) mass is 284 g/mol. The number of nitrogens with zero attached hydrogens (tertiary/aromatic N) is 1. The van der Waals surface area contributed by atoms with E-state index in [1.54, 1.807) is 18.4 Å². The smallest absolute Gasteiger partial charge is 0.121 e. The van der Waals surface area contributed by atoms with E-state index in [9.17, 15) is 0 Å². The number of hydrogen-bond acceptors (Lipinski definition) is 4. The molecule has 1 aromatic heterocycles. The third-order valence-electron chi connectivity index (χ3n) is 3.29. The molecule has 0 saturated heterocycles. The van der Waals surface area contributed by atoms with Crippen LogP contribution in [0.1, 0.15) is 11.1 Å². The fraction of sp³-hybridized carbons (Fsp3) is 0.188. The molecule has 1 heterocycles. The van der Waals surface area contributed by atoms with E-state index in [1.807, 2.05) is 17.6 Å². The molecule has 0 spiro atoms. The van der Waals surface area contributed by atoms with Crippen LogP contribution in [-0.4, -0.2) is 12.1 Å². The molecular formula is C16H16N2OS. The van der Waals surface area contributed by atoms with Crippen LogP contribution in [0.15, 0.2) is 41.9 Å². The van der Waals surface area contributed by atoms with Gasteiger partial charge in [0, 0.05) is 12.2 Å². The molecule has 1 N–H and O–H groups in total. The first-order chi connectivity index (χ1) is 9.76. The predicted octanol–water partition coefficient (Wildman–Crippen LogP) is 4.23. The van der Waals surface area contributed by atoms with Gasteiger partial charge in [-0.25, -0.2) is 4.98 Å². The molecule has 4 heteroatoms. The number of thiazole rings is 1. The maximum absolute atomic E-state index is 5.28. The Kier molecular flexibility index (Phi) is 3.56. The zero-order valence-corrected chi connectivity index (χ0v) is 12.3. The molecule has 3 nitrogen and oxygen atoms in total. The first kappa shape index (κ1) is 12.9. The lowest BCUT2D eigenvalue weighted by atomic mass is 10.1. The Morgan fingerprint density at radius 1 is 1.20 bits per heavy atom. The van der Waals surface area contributed by atoms with Crippen molar-refractivity contribution in [3.63, 3.8) is 0 Å². The van der Waals surface area contributed by atoms with Crippen molar-refractivity contribution in [1.82, 2.24) is 4.98 Å². The summed E-state index contributed by atoms with van der Waals surface area (Å²) in [5, 5.41) is 3.45.